The highest BCUT2D eigenvalue weighted by molar-refractivity contribution is 6.01. The Bertz CT molecular complexity index is 843. The summed E-state index contributed by atoms with van der Waals surface area (Å²) in [5.41, 5.74) is 2.30. The Morgan fingerprint density at radius 1 is 1.31 bits per heavy atom. The molecule has 1 atom stereocenters. The summed E-state index contributed by atoms with van der Waals surface area (Å²) in [4.78, 5) is 26.4. The summed E-state index contributed by atoms with van der Waals surface area (Å²) in [6, 6.07) is 4.76. The molecule has 1 aliphatic rings. The molecule has 140 valence electrons. The Morgan fingerprint density at radius 3 is 2.81 bits per heavy atom. The second-order valence-electron chi connectivity index (χ2n) is 7.11. The Kier molecular flexibility index (Phi) is 5.30. The first-order chi connectivity index (χ1) is 12.4. The lowest BCUT2D eigenvalue weighted by molar-refractivity contribution is -0.119. The van der Waals surface area contributed by atoms with Crippen molar-refractivity contribution in [1.29, 1.82) is 0 Å². The van der Waals surface area contributed by atoms with Gasteiger partial charge in [-0.2, -0.15) is 0 Å². The van der Waals surface area contributed by atoms with Crippen molar-refractivity contribution in [3.8, 4) is 0 Å². The largest absolute Gasteiger partial charge is 0.356 e. The average molecular weight is 359 g/mol. The molecule has 6 heteroatoms. The van der Waals surface area contributed by atoms with E-state index in [4.69, 9.17) is 0 Å². The van der Waals surface area contributed by atoms with Crippen LogP contribution >= 0.6 is 0 Å². The zero-order valence-corrected chi connectivity index (χ0v) is 15.6. The summed E-state index contributed by atoms with van der Waals surface area (Å²) < 4.78 is 15.5. The number of piperidine rings is 1. The summed E-state index contributed by atoms with van der Waals surface area (Å²) >= 11 is 0. The van der Waals surface area contributed by atoms with Crippen LogP contribution in [0.15, 0.2) is 18.2 Å². The normalized spacial score (nSPS) is 17.5. The van der Waals surface area contributed by atoms with E-state index in [1.165, 1.54) is 19.1 Å². The Morgan fingerprint density at radius 2 is 2.08 bits per heavy atom. The van der Waals surface area contributed by atoms with E-state index >= 15 is 0 Å². The van der Waals surface area contributed by atoms with Gasteiger partial charge in [0.1, 0.15) is 11.5 Å². The van der Waals surface area contributed by atoms with Gasteiger partial charge >= 0.3 is 0 Å². The highest BCUT2D eigenvalue weighted by atomic mass is 19.1. The van der Waals surface area contributed by atoms with Crippen LogP contribution in [-0.4, -0.2) is 40.4 Å². The zero-order chi connectivity index (χ0) is 18.8. The molecule has 2 aromatic rings. The standard InChI is InChI=1S/C20H26FN3O2/c1-13-17-12-15(21)7-8-18(17)23(3)19(13)20(26)24-11-5-4-6-16(24)9-10-22-14(2)25/h7-8,12,16H,4-6,9-11H2,1-3H3,(H,22,25)/t16-/m0/s1. The highest BCUT2D eigenvalue weighted by Crippen LogP contribution is 2.29. The molecule has 1 saturated heterocycles. The van der Waals surface area contributed by atoms with Gasteiger partial charge in [-0.15, -0.1) is 0 Å². The van der Waals surface area contributed by atoms with Crippen molar-refractivity contribution < 1.29 is 14.0 Å². The fourth-order valence-electron chi connectivity index (χ4n) is 4.02. The number of carbonyl (C=O) groups is 2. The third-order valence-corrected chi connectivity index (χ3v) is 5.36. The number of carbonyl (C=O) groups excluding carboxylic acids is 2. The minimum atomic E-state index is -0.295. The van der Waals surface area contributed by atoms with Crippen LogP contribution in [0.25, 0.3) is 10.9 Å². The van der Waals surface area contributed by atoms with E-state index in [1.54, 1.807) is 6.07 Å². The third kappa shape index (κ3) is 3.45. The molecule has 0 saturated carbocycles. The summed E-state index contributed by atoms with van der Waals surface area (Å²) in [6.45, 7) is 4.68. The lowest BCUT2D eigenvalue weighted by Gasteiger charge is -2.36. The second-order valence-corrected chi connectivity index (χ2v) is 7.11. The van der Waals surface area contributed by atoms with Crippen LogP contribution in [0.5, 0.6) is 0 Å². The first-order valence-corrected chi connectivity index (χ1v) is 9.20. The highest BCUT2D eigenvalue weighted by Gasteiger charge is 2.30. The molecule has 1 N–H and O–H groups in total. The molecule has 0 unspecified atom stereocenters. The number of hydrogen-bond acceptors (Lipinski definition) is 2. The minimum absolute atomic E-state index is 0.00543. The van der Waals surface area contributed by atoms with Crippen LogP contribution in [0.3, 0.4) is 0 Å². The Hall–Kier alpha value is -2.37. The van der Waals surface area contributed by atoms with Crippen molar-refractivity contribution >= 4 is 22.7 Å². The number of hydrogen-bond donors (Lipinski definition) is 1. The van der Waals surface area contributed by atoms with Crippen LogP contribution < -0.4 is 5.32 Å². The average Bonchev–Trinajstić information content (AvgIpc) is 2.85. The monoisotopic (exact) mass is 359 g/mol. The summed E-state index contributed by atoms with van der Waals surface area (Å²) in [5.74, 6) is -0.351. The van der Waals surface area contributed by atoms with Gasteiger partial charge in [0.2, 0.25) is 5.91 Å². The number of aromatic nitrogens is 1. The van der Waals surface area contributed by atoms with E-state index in [9.17, 15) is 14.0 Å². The number of halogens is 1. The number of benzene rings is 1. The van der Waals surface area contributed by atoms with Gasteiger partial charge in [0.25, 0.3) is 5.91 Å². The maximum atomic E-state index is 13.6. The molecular formula is C20H26FN3O2. The number of amides is 2. The van der Waals surface area contributed by atoms with E-state index < -0.39 is 0 Å². The first-order valence-electron chi connectivity index (χ1n) is 9.20. The number of nitrogens with one attached hydrogen (secondary N) is 1. The molecule has 1 aromatic carbocycles. The van der Waals surface area contributed by atoms with Crippen molar-refractivity contribution in [1.82, 2.24) is 14.8 Å². The number of rotatable bonds is 4. The summed E-state index contributed by atoms with van der Waals surface area (Å²) in [6.07, 6.45) is 3.78. The molecule has 1 aromatic heterocycles. The number of aryl methyl sites for hydroxylation is 2. The molecule has 3 rings (SSSR count). The van der Waals surface area contributed by atoms with Gasteiger partial charge in [0, 0.05) is 44.0 Å². The van der Waals surface area contributed by atoms with Crippen molar-refractivity contribution in [3.05, 3.63) is 35.3 Å². The lowest BCUT2D eigenvalue weighted by Crippen LogP contribution is -2.45. The van der Waals surface area contributed by atoms with Gasteiger partial charge in [0.05, 0.1) is 0 Å². The molecule has 26 heavy (non-hydrogen) atoms. The number of fused-ring (bicyclic) bond motifs is 1. The van der Waals surface area contributed by atoms with Crippen LogP contribution in [0.4, 0.5) is 4.39 Å². The second kappa shape index (κ2) is 7.48. The Labute approximate surface area is 153 Å². The van der Waals surface area contributed by atoms with Gasteiger partial charge in [0.15, 0.2) is 0 Å². The van der Waals surface area contributed by atoms with E-state index in [2.05, 4.69) is 5.32 Å². The maximum absolute atomic E-state index is 13.6. The molecule has 5 nitrogen and oxygen atoms in total. The van der Waals surface area contributed by atoms with E-state index in [0.717, 1.165) is 48.7 Å². The van der Waals surface area contributed by atoms with Crippen LogP contribution in [0, 0.1) is 12.7 Å². The van der Waals surface area contributed by atoms with Crippen molar-refractivity contribution in [2.45, 2.75) is 45.6 Å². The molecule has 0 spiro atoms. The minimum Gasteiger partial charge on any atom is -0.356 e. The fraction of sp³-hybridized carbons (Fsp3) is 0.500. The van der Waals surface area contributed by atoms with Gasteiger partial charge < -0.3 is 14.8 Å². The van der Waals surface area contributed by atoms with Gasteiger partial charge in [-0.3, -0.25) is 9.59 Å². The molecular weight excluding hydrogens is 333 g/mol. The van der Waals surface area contributed by atoms with Crippen LogP contribution in [0.2, 0.25) is 0 Å². The van der Waals surface area contributed by atoms with E-state index in [-0.39, 0.29) is 23.7 Å². The van der Waals surface area contributed by atoms with Crippen LogP contribution in [0.1, 0.15) is 48.7 Å². The van der Waals surface area contributed by atoms with E-state index in [0.29, 0.717) is 12.2 Å². The number of nitrogens with zero attached hydrogens (tertiary/aromatic N) is 2. The predicted octanol–water partition coefficient (Wildman–Crippen LogP) is 3.15. The fourth-order valence-corrected chi connectivity index (χ4v) is 4.02. The van der Waals surface area contributed by atoms with E-state index in [1.807, 2.05) is 23.4 Å². The third-order valence-electron chi connectivity index (χ3n) is 5.36. The molecule has 0 bridgehead atoms. The molecule has 2 heterocycles. The number of likely N-dealkylation sites (tertiary alicyclic amines) is 1. The van der Waals surface area contributed by atoms with Gasteiger partial charge in [-0.05, 0) is 56.4 Å². The van der Waals surface area contributed by atoms with Crippen molar-refractivity contribution in [3.63, 3.8) is 0 Å². The van der Waals surface area contributed by atoms with Gasteiger partial charge in [-0.25, -0.2) is 4.39 Å². The molecule has 1 aliphatic heterocycles. The Balaban J connectivity index is 1.89. The molecule has 2 amide bonds. The quantitative estimate of drug-likeness (QED) is 0.912. The maximum Gasteiger partial charge on any atom is 0.271 e. The van der Waals surface area contributed by atoms with Crippen molar-refractivity contribution in [2.75, 3.05) is 13.1 Å². The summed E-state index contributed by atoms with van der Waals surface area (Å²) in [7, 11) is 1.86. The molecule has 0 aliphatic carbocycles. The van der Waals surface area contributed by atoms with Crippen LogP contribution in [-0.2, 0) is 11.8 Å². The first kappa shape index (κ1) is 18.4. The summed E-state index contributed by atoms with van der Waals surface area (Å²) in [5, 5.41) is 3.60. The molecule has 1 fully saturated rings. The van der Waals surface area contributed by atoms with Crippen molar-refractivity contribution in [2.24, 2.45) is 7.05 Å². The predicted molar refractivity (Wildman–Crippen MR) is 99.6 cm³/mol. The smallest absolute Gasteiger partial charge is 0.271 e. The SMILES string of the molecule is CC(=O)NCC[C@@H]1CCCCN1C(=O)c1c(C)c2cc(F)ccc2n1C. The molecule has 0 radical (unpaired) electrons. The zero-order valence-electron chi connectivity index (χ0n) is 15.6. The van der Waals surface area contributed by atoms with Gasteiger partial charge in [-0.1, -0.05) is 0 Å². The topological polar surface area (TPSA) is 54.3 Å². The lowest BCUT2D eigenvalue weighted by atomic mass is 9.98.